The van der Waals surface area contributed by atoms with Crippen LogP contribution in [0.5, 0.6) is 0 Å². The standard InChI is InChI=1S/C26H24ClN5O6S/c27-22-9-8-21(39-22)24(34)28-18-5-3-4-17-23(18)26(36)31(25(17)35)15-16(33)14-29-10-12-30(13-11-29)19-6-1-2-7-20(19)32(37)38/h1-9,16,33H,10-15H2,(H,28,34). The summed E-state index contributed by atoms with van der Waals surface area (Å²) in [6.07, 6.45) is -1.00. The highest BCUT2D eigenvalue weighted by molar-refractivity contribution is 7.18. The quantitative estimate of drug-likeness (QED) is 0.239. The Kier molecular flexibility index (Phi) is 7.62. The van der Waals surface area contributed by atoms with E-state index in [0.29, 0.717) is 41.1 Å². The number of para-hydroxylation sites is 2. The number of nitrogens with one attached hydrogen (secondary N) is 1. The second-order valence-corrected chi connectivity index (χ2v) is 10.9. The molecular formula is C26H24ClN5O6S. The lowest BCUT2D eigenvalue weighted by Gasteiger charge is -2.36. The average Bonchev–Trinajstić information content (AvgIpc) is 3.46. The highest BCUT2D eigenvalue weighted by atomic mass is 35.5. The smallest absolute Gasteiger partial charge is 0.292 e. The number of hydrogen-bond acceptors (Lipinski definition) is 9. The monoisotopic (exact) mass is 569 g/mol. The van der Waals surface area contributed by atoms with Gasteiger partial charge in [-0.1, -0.05) is 29.8 Å². The molecular weight excluding hydrogens is 546 g/mol. The van der Waals surface area contributed by atoms with Crippen LogP contribution in [0.15, 0.2) is 54.6 Å². The molecule has 0 radical (unpaired) electrons. The molecule has 39 heavy (non-hydrogen) atoms. The number of hydrogen-bond donors (Lipinski definition) is 2. The molecule has 13 heteroatoms. The van der Waals surface area contributed by atoms with E-state index in [4.69, 9.17) is 11.6 Å². The van der Waals surface area contributed by atoms with Crippen molar-refractivity contribution in [1.82, 2.24) is 9.80 Å². The number of rotatable bonds is 8. The molecule has 202 valence electrons. The minimum atomic E-state index is -1.00. The molecule has 3 heterocycles. The van der Waals surface area contributed by atoms with Crippen LogP contribution in [0, 0.1) is 10.1 Å². The SMILES string of the molecule is O=C(Nc1cccc2c1C(=O)N(CC(O)CN1CCN(c3ccccc3[N+](=O)[O-])CC1)C2=O)c1ccc(Cl)s1. The highest BCUT2D eigenvalue weighted by Gasteiger charge is 2.39. The fraction of sp³-hybridized carbons (Fsp3) is 0.269. The molecule has 0 aliphatic carbocycles. The van der Waals surface area contributed by atoms with E-state index in [1.807, 2.05) is 9.80 Å². The number of aliphatic hydroxyl groups excluding tert-OH is 1. The van der Waals surface area contributed by atoms with Crippen molar-refractivity contribution in [3.05, 3.63) is 85.1 Å². The lowest BCUT2D eigenvalue weighted by Crippen LogP contribution is -2.50. The number of piperazine rings is 1. The summed E-state index contributed by atoms with van der Waals surface area (Å²) in [5.74, 6) is -1.57. The third-order valence-electron chi connectivity index (χ3n) is 6.70. The van der Waals surface area contributed by atoms with Gasteiger partial charge in [-0.2, -0.15) is 0 Å². The normalized spacial score (nSPS) is 16.4. The summed E-state index contributed by atoms with van der Waals surface area (Å²) in [7, 11) is 0. The Morgan fingerprint density at radius 1 is 1.03 bits per heavy atom. The zero-order chi connectivity index (χ0) is 27.7. The van der Waals surface area contributed by atoms with Crippen LogP contribution in [0.3, 0.4) is 0 Å². The van der Waals surface area contributed by atoms with Crippen molar-refractivity contribution in [2.24, 2.45) is 0 Å². The molecule has 1 atom stereocenters. The van der Waals surface area contributed by atoms with E-state index in [1.165, 1.54) is 12.1 Å². The van der Waals surface area contributed by atoms with Crippen LogP contribution in [0.4, 0.5) is 17.1 Å². The number of anilines is 2. The van der Waals surface area contributed by atoms with E-state index in [2.05, 4.69) is 5.32 Å². The first-order valence-electron chi connectivity index (χ1n) is 12.2. The Bertz CT molecular complexity index is 1450. The van der Waals surface area contributed by atoms with Gasteiger partial charge in [0.2, 0.25) is 0 Å². The van der Waals surface area contributed by atoms with E-state index >= 15 is 0 Å². The molecule has 2 aliphatic heterocycles. The van der Waals surface area contributed by atoms with Gasteiger partial charge in [-0.25, -0.2) is 0 Å². The highest BCUT2D eigenvalue weighted by Crippen LogP contribution is 2.31. The fourth-order valence-corrected chi connectivity index (χ4v) is 5.79. The minimum Gasteiger partial charge on any atom is -0.390 e. The second kappa shape index (κ2) is 11.1. The van der Waals surface area contributed by atoms with E-state index in [0.717, 1.165) is 16.2 Å². The van der Waals surface area contributed by atoms with Gasteiger partial charge in [-0.3, -0.25) is 34.3 Å². The lowest BCUT2D eigenvalue weighted by atomic mass is 10.1. The molecule has 1 saturated heterocycles. The Morgan fingerprint density at radius 3 is 2.46 bits per heavy atom. The number of aliphatic hydroxyl groups is 1. The molecule has 2 aliphatic rings. The molecule has 0 saturated carbocycles. The van der Waals surface area contributed by atoms with Crippen molar-refractivity contribution >= 4 is 57.7 Å². The van der Waals surface area contributed by atoms with E-state index < -0.39 is 28.7 Å². The first kappa shape index (κ1) is 26.8. The summed E-state index contributed by atoms with van der Waals surface area (Å²) >= 11 is 7.01. The van der Waals surface area contributed by atoms with Gasteiger partial charge in [0.15, 0.2) is 0 Å². The Morgan fingerprint density at radius 2 is 1.77 bits per heavy atom. The summed E-state index contributed by atoms with van der Waals surface area (Å²) in [4.78, 5) is 55.1. The molecule has 1 aromatic heterocycles. The molecule has 1 unspecified atom stereocenters. The number of nitro groups is 1. The number of halogens is 1. The summed E-state index contributed by atoms with van der Waals surface area (Å²) < 4.78 is 0.452. The van der Waals surface area contributed by atoms with Gasteiger partial charge >= 0.3 is 0 Å². The van der Waals surface area contributed by atoms with Crippen molar-refractivity contribution in [2.75, 3.05) is 49.5 Å². The number of imide groups is 1. The Labute approximate surface area is 232 Å². The number of β-amino-alcohol motifs (C(OH)–C–C–N with tert-alkyl or cyclic N) is 1. The molecule has 1 fully saturated rings. The number of nitro benzene ring substituents is 1. The number of fused-ring (bicyclic) bond motifs is 1. The molecule has 0 bridgehead atoms. The molecule has 0 spiro atoms. The van der Waals surface area contributed by atoms with Gasteiger partial charge in [-0.15, -0.1) is 11.3 Å². The lowest BCUT2D eigenvalue weighted by molar-refractivity contribution is -0.384. The number of carbonyl (C=O) groups is 3. The zero-order valence-corrected chi connectivity index (χ0v) is 22.2. The van der Waals surface area contributed by atoms with Crippen molar-refractivity contribution in [2.45, 2.75) is 6.10 Å². The second-order valence-electron chi connectivity index (χ2n) is 9.19. The van der Waals surface area contributed by atoms with Gasteiger partial charge in [0.05, 0.1) is 43.6 Å². The van der Waals surface area contributed by atoms with Crippen molar-refractivity contribution < 1.29 is 24.4 Å². The third kappa shape index (κ3) is 5.50. The Hall–Kier alpha value is -3.84. The largest absolute Gasteiger partial charge is 0.390 e. The van der Waals surface area contributed by atoms with Crippen LogP contribution in [0.1, 0.15) is 30.4 Å². The number of thiophene rings is 1. The summed E-state index contributed by atoms with van der Waals surface area (Å²) in [5.41, 5.74) is 1.06. The first-order chi connectivity index (χ1) is 18.7. The number of carbonyl (C=O) groups excluding carboxylic acids is 3. The predicted molar refractivity (Wildman–Crippen MR) is 147 cm³/mol. The number of nitrogens with zero attached hydrogens (tertiary/aromatic N) is 4. The zero-order valence-electron chi connectivity index (χ0n) is 20.6. The average molecular weight is 570 g/mol. The maximum Gasteiger partial charge on any atom is 0.292 e. The van der Waals surface area contributed by atoms with Gasteiger partial charge in [0.1, 0.15) is 5.69 Å². The first-order valence-corrected chi connectivity index (χ1v) is 13.4. The van der Waals surface area contributed by atoms with Crippen LogP contribution in [0.2, 0.25) is 4.34 Å². The number of amides is 3. The van der Waals surface area contributed by atoms with Gasteiger partial charge in [-0.05, 0) is 30.3 Å². The van der Waals surface area contributed by atoms with Crippen LogP contribution in [0.25, 0.3) is 0 Å². The van der Waals surface area contributed by atoms with Crippen LogP contribution in [-0.4, -0.2) is 82.9 Å². The predicted octanol–water partition coefficient (Wildman–Crippen LogP) is 3.34. The number of benzene rings is 2. The van der Waals surface area contributed by atoms with Crippen LogP contribution in [-0.2, 0) is 0 Å². The minimum absolute atomic E-state index is 0.0476. The van der Waals surface area contributed by atoms with Crippen molar-refractivity contribution in [1.29, 1.82) is 0 Å². The van der Waals surface area contributed by atoms with Crippen molar-refractivity contribution in [3.8, 4) is 0 Å². The summed E-state index contributed by atoms with van der Waals surface area (Å²) in [5, 5.41) is 24.8. The summed E-state index contributed by atoms with van der Waals surface area (Å²) in [6, 6.07) is 14.4. The molecule has 3 aromatic rings. The van der Waals surface area contributed by atoms with E-state index in [9.17, 15) is 29.6 Å². The molecule has 2 aromatic carbocycles. The fourth-order valence-electron chi connectivity index (χ4n) is 4.85. The molecule has 11 nitrogen and oxygen atoms in total. The van der Waals surface area contributed by atoms with Crippen LogP contribution >= 0.6 is 22.9 Å². The summed E-state index contributed by atoms with van der Waals surface area (Å²) in [6.45, 7) is 2.18. The van der Waals surface area contributed by atoms with Gasteiger partial charge in [0, 0.05) is 38.8 Å². The van der Waals surface area contributed by atoms with Crippen molar-refractivity contribution in [3.63, 3.8) is 0 Å². The third-order valence-corrected chi connectivity index (χ3v) is 7.93. The van der Waals surface area contributed by atoms with Gasteiger partial charge < -0.3 is 15.3 Å². The van der Waals surface area contributed by atoms with Gasteiger partial charge in [0.25, 0.3) is 23.4 Å². The maximum atomic E-state index is 13.2. The molecule has 5 rings (SSSR count). The molecule has 2 N–H and O–H groups in total. The topological polar surface area (TPSA) is 136 Å². The van der Waals surface area contributed by atoms with Crippen LogP contribution < -0.4 is 10.2 Å². The Balaban J connectivity index is 1.20. The van der Waals surface area contributed by atoms with E-state index in [1.54, 1.807) is 42.5 Å². The maximum absolute atomic E-state index is 13.2. The molecule has 3 amide bonds. The van der Waals surface area contributed by atoms with E-state index in [-0.39, 0.29) is 35.6 Å².